The summed E-state index contributed by atoms with van der Waals surface area (Å²) in [5.74, 6) is 0.343. The third kappa shape index (κ3) is 3.91. The number of aromatic hydroxyl groups is 1. The van der Waals surface area contributed by atoms with Crippen LogP contribution in [0.1, 0.15) is 44.9 Å². The Hall–Kier alpha value is -1.22. The number of benzene rings is 1. The van der Waals surface area contributed by atoms with Crippen LogP contribution in [0.4, 0.5) is 5.69 Å². The molecule has 2 fully saturated rings. The topological polar surface area (TPSA) is 35.5 Å². The Morgan fingerprint density at radius 3 is 2.43 bits per heavy atom. The van der Waals surface area contributed by atoms with Crippen molar-refractivity contribution >= 4 is 5.69 Å². The molecule has 2 aliphatic rings. The molecule has 2 saturated carbocycles. The van der Waals surface area contributed by atoms with Crippen molar-refractivity contribution < 1.29 is 5.11 Å². The Bertz CT molecular complexity index is 447. The van der Waals surface area contributed by atoms with Gasteiger partial charge in [-0.3, -0.25) is 0 Å². The van der Waals surface area contributed by atoms with Gasteiger partial charge in [0.15, 0.2) is 0 Å². The second-order valence-electron chi connectivity index (χ2n) is 7.09. The minimum absolute atomic E-state index is 0.343. The fourth-order valence-electron chi connectivity index (χ4n) is 3.64. The van der Waals surface area contributed by atoms with E-state index >= 15 is 0 Å². The summed E-state index contributed by atoms with van der Waals surface area (Å²) in [4.78, 5) is 2.36. The van der Waals surface area contributed by atoms with E-state index in [1.54, 1.807) is 12.1 Å². The van der Waals surface area contributed by atoms with Gasteiger partial charge in [-0.1, -0.05) is 19.3 Å². The molecule has 0 aliphatic heterocycles. The maximum absolute atomic E-state index is 9.43. The van der Waals surface area contributed by atoms with Crippen LogP contribution in [-0.4, -0.2) is 31.3 Å². The molecule has 21 heavy (non-hydrogen) atoms. The molecule has 0 saturated heterocycles. The largest absolute Gasteiger partial charge is 0.508 e. The summed E-state index contributed by atoms with van der Waals surface area (Å²) < 4.78 is 0. The number of phenolic OH excluding ortho intramolecular Hbond substituents is 1. The summed E-state index contributed by atoms with van der Waals surface area (Å²) in [7, 11) is 2.18. The van der Waals surface area contributed by atoms with Gasteiger partial charge in [-0.05, 0) is 49.9 Å². The molecule has 0 radical (unpaired) electrons. The smallest absolute Gasteiger partial charge is 0.115 e. The molecule has 2 aliphatic carbocycles. The molecule has 3 rings (SSSR count). The van der Waals surface area contributed by atoms with Crippen molar-refractivity contribution in [2.24, 2.45) is 5.41 Å². The summed E-state index contributed by atoms with van der Waals surface area (Å²) in [5.41, 5.74) is 1.62. The lowest BCUT2D eigenvalue weighted by Gasteiger charge is -2.41. The molecule has 0 atom stereocenters. The predicted molar refractivity (Wildman–Crippen MR) is 87.9 cm³/mol. The Balaban J connectivity index is 1.65. The minimum Gasteiger partial charge on any atom is -0.508 e. The van der Waals surface area contributed by atoms with Crippen LogP contribution in [0, 0.1) is 5.41 Å². The van der Waals surface area contributed by atoms with Crippen LogP contribution in [0.25, 0.3) is 0 Å². The van der Waals surface area contributed by atoms with Crippen molar-refractivity contribution in [1.29, 1.82) is 0 Å². The van der Waals surface area contributed by atoms with Crippen LogP contribution in [0.5, 0.6) is 5.75 Å². The number of hydrogen-bond acceptors (Lipinski definition) is 3. The standard InChI is InChI=1S/C18H28N2O/c1-20(16-7-9-17(21)10-8-16)14-18(11-3-2-4-12-18)13-19-15-5-6-15/h7-10,15,19,21H,2-6,11-14H2,1H3. The van der Waals surface area contributed by atoms with Crippen LogP contribution >= 0.6 is 0 Å². The maximum Gasteiger partial charge on any atom is 0.115 e. The third-order valence-electron chi connectivity index (χ3n) is 5.12. The van der Waals surface area contributed by atoms with Crippen LogP contribution in [0.2, 0.25) is 0 Å². The fraction of sp³-hybridized carbons (Fsp3) is 0.667. The van der Waals surface area contributed by atoms with Crippen LogP contribution in [0.3, 0.4) is 0 Å². The van der Waals surface area contributed by atoms with E-state index < -0.39 is 0 Å². The molecule has 3 nitrogen and oxygen atoms in total. The van der Waals surface area contributed by atoms with E-state index in [1.165, 1.54) is 57.2 Å². The quantitative estimate of drug-likeness (QED) is 0.840. The van der Waals surface area contributed by atoms with Gasteiger partial charge in [-0.25, -0.2) is 0 Å². The van der Waals surface area contributed by atoms with Crippen molar-refractivity contribution in [3.05, 3.63) is 24.3 Å². The molecular weight excluding hydrogens is 260 g/mol. The first-order valence-electron chi connectivity index (χ1n) is 8.40. The number of rotatable bonds is 6. The van der Waals surface area contributed by atoms with Gasteiger partial charge in [0.05, 0.1) is 0 Å². The second-order valence-corrected chi connectivity index (χ2v) is 7.09. The molecule has 0 aromatic heterocycles. The summed E-state index contributed by atoms with van der Waals surface area (Å²) >= 11 is 0. The first kappa shape index (κ1) is 14.7. The number of hydrogen-bond donors (Lipinski definition) is 2. The highest BCUT2D eigenvalue weighted by Crippen LogP contribution is 2.38. The fourth-order valence-corrected chi connectivity index (χ4v) is 3.64. The predicted octanol–water partition coefficient (Wildman–Crippen LogP) is 3.53. The van der Waals surface area contributed by atoms with Crippen LogP contribution in [-0.2, 0) is 0 Å². The summed E-state index contributed by atoms with van der Waals surface area (Å²) in [6.45, 7) is 2.28. The van der Waals surface area contributed by atoms with Gasteiger partial charge in [0, 0.05) is 37.3 Å². The van der Waals surface area contributed by atoms with Gasteiger partial charge in [-0.2, -0.15) is 0 Å². The monoisotopic (exact) mass is 288 g/mol. The van der Waals surface area contributed by atoms with Crippen LogP contribution < -0.4 is 10.2 Å². The Kier molecular flexibility index (Phi) is 4.39. The summed E-state index contributed by atoms with van der Waals surface area (Å²) in [5, 5.41) is 13.2. The third-order valence-corrected chi connectivity index (χ3v) is 5.12. The van der Waals surface area contributed by atoms with Crippen LogP contribution in [0.15, 0.2) is 24.3 Å². The van der Waals surface area contributed by atoms with E-state index in [2.05, 4.69) is 17.3 Å². The lowest BCUT2D eigenvalue weighted by Crippen LogP contribution is -2.45. The van der Waals surface area contributed by atoms with Crippen molar-refractivity contribution in [3.8, 4) is 5.75 Å². The molecule has 0 amide bonds. The van der Waals surface area contributed by atoms with Crippen molar-refractivity contribution in [3.63, 3.8) is 0 Å². The van der Waals surface area contributed by atoms with Crippen molar-refractivity contribution in [1.82, 2.24) is 5.32 Å². The Morgan fingerprint density at radius 1 is 1.14 bits per heavy atom. The average Bonchev–Trinajstić information content (AvgIpc) is 3.31. The van der Waals surface area contributed by atoms with E-state index in [0.29, 0.717) is 11.2 Å². The molecule has 1 aromatic carbocycles. The van der Waals surface area contributed by atoms with Gasteiger partial charge in [0.25, 0.3) is 0 Å². The second kappa shape index (κ2) is 6.27. The molecule has 0 unspecified atom stereocenters. The highest BCUT2D eigenvalue weighted by molar-refractivity contribution is 5.48. The number of anilines is 1. The SMILES string of the molecule is CN(CC1(CNC2CC2)CCCCC1)c1ccc(O)cc1. The highest BCUT2D eigenvalue weighted by atomic mass is 16.3. The molecule has 0 bridgehead atoms. The van der Waals surface area contributed by atoms with Gasteiger partial charge in [0.2, 0.25) is 0 Å². The number of nitrogens with one attached hydrogen (secondary N) is 1. The first-order chi connectivity index (χ1) is 10.2. The Labute approximate surface area is 128 Å². The van der Waals surface area contributed by atoms with E-state index in [-0.39, 0.29) is 0 Å². The maximum atomic E-state index is 9.43. The first-order valence-corrected chi connectivity index (χ1v) is 8.40. The molecule has 0 heterocycles. The summed E-state index contributed by atoms with van der Waals surface area (Å²) in [6, 6.07) is 8.38. The van der Waals surface area contributed by atoms with E-state index in [0.717, 1.165) is 12.6 Å². The van der Waals surface area contributed by atoms with E-state index in [1.807, 2.05) is 12.1 Å². The normalized spacial score (nSPS) is 21.2. The molecule has 3 heteroatoms. The van der Waals surface area contributed by atoms with Gasteiger partial charge in [0.1, 0.15) is 5.75 Å². The summed E-state index contributed by atoms with van der Waals surface area (Å²) in [6.07, 6.45) is 9.55. The molecule has 1 aromatic rings. The van der Waals surface area contributed by atoms with Gasteiger partial charge >= 0.3 is 0 Å². The zero-order valence-electron chi connectivity index (χ0n) is 13.1. The number of nitrogens with zero attached hydrogens (tertiary/aromatic N) is 1. The number of phenols is 1. The van der Waals surface area contributed by atoms with Gasteiger partial charge < -0.3 is 15.3 Å². The average molecular weight is 288 g/mol. The Morgan fingerprint density at radius 2 is 1.81 bits per heavy atom. The lowest BCUT2D eigenvalue weighted by molar-refractivity contribution is 0.188. The van der Waals surface area contributed by atoms with Crippen molar-refractivity contribution in [2.45, 2.75) is 51.0 Å². The lowest BCUT2D eigenvalue weighted by atomic mass is 9.73. The zero-order chi connectivity index (χ0) is 14.7. The molecule has 2 N–H and O–H groups in total. The van der Waals surface area contributed by atoms with E-state index in [9.17, 15) is 5.11 Å². The van der Waals surface area contributed by atoms with Crippen molar-refractivity contribution in [2.75, 3.05) is 25.0 Å². The molecule has 0 spiro atoms. The molecular formula is C18H28N2O. The van der Waals surface area contributed by atoms with Gasteiger partial charge in [-0.15, -0.1) is 0 Å². The zero-order valence-corrected chi connectivity index (χ0v) is 13.1. The minimum atomic E-state index is 0.343. The molecule has 116 valence electrons. The highest BCUT2D eigenvalue weighted by Gasteiger charge is 2.35. The van der Waals surface area contributed by atoms with E-state index in [4.69, 9.17) is 0 Å².